The topological polar surface area (TPSA) is 61.9 Å². The third kappa shape index (κ3) is 5.04. The summed E-state index contributed by atoms with van der Waals surface area (Å²) in [6, 6.07) is 38.5. The predicted molar refractivity (Wildman–Crippen MR) is 184 cm³/mol. The van der Waals surface area contributed by atoms with E-state index in [1.807, 2.05) is 114 Å². The highest BCUT2D eigenvalue weighted by Crippen LogP contribution is 2.42. The third-order valence-electron chi connectivity index (χ3n) is 8.23. The molecule has 46 heavy (non-hydrogen) atoms. The molecule has 0 saturated carbocycles. The number of para-hydroxylation sites is 1. The fourth-order valence-electron chi connectivity index (χ4n) is 6.05. The van der Waals surface area contributed by atoms with Crippen molar-refractivity contribution in [1.82, 2.24) is 19.3 Å². The molecule has 7 heteroatoms. The van der Waals surface area contributed by atoms with Crippen molar-refractivity contribution in [3.63, 3.8) is 0 Å². The molecule has 6 nitrogen and oxygen atoms in total. The zero-order valence-corrected chi connectivity index (χ0v) is 26.2. The minimum atomic E-state index is -0.408. The molecule has 0 saturated heterocycles. The van der Waals surface area contributed by atoms with E-state index >= 15 is 0 Å². The number of hydrogen-bond acceptors (Lipinski definition) is 4. The van der Waals surface area contributed by atoms with Crippen molar-refractivity contribution in [3.8, 4) is 45.3 Å². The maximum Gasteiger partial charge on any atom is 0.340 e. The number of benzene rings is 4. The highest BCUT2D eigenvalue weighted by Gasteiger charge is 2.34. The summed E-state index contributed by atoms with van der Waals surface area (Å²) in [6.07, 6.45) is 11.5. The largest absolute Gasteiger partial charge is 0.454 e. The van der Waals surface area contributed by atoms with Gasteiger partial charge in [-0.2, -0.15) is 5.10 Å². The summed E-state index contributed by atoms with van der Waals surface area (Å²) < 4.78 is 10.9. The minimum Gasteiger partial charge on any atom is -0.454 e. The van der Waals surface area contributed by atoms with Crippen molar-refractivity contribution >= 4 is 27.5 Å². The first-order valence-corrected chi connectivity index (χ1v) is 15.9. The molecular weight excluding hydrogens is 636 g/mol. The van der Waals surface area contributed by atoms with E-state index < -0.39 is 5.97 Å². The van der Waals surface area contributed by atoms with Crippen molar-refractivity contribution in [2.45, 2.75) is 6.10 Å². The van der Waals surface area contributed by atoms with Crippen LogP contribution < -0.4 is 0 Å². The molecule has 3 heterocycles. The lowest BCUT2D eigenvalue weighted by atomic mass is 9.91. The lowest BCUT2D eigenvalue weighted by Crippen LogP contribution is -2.29. The molecule has 4 aromatic carbocycles. The lowest BCUT2D eigenvalue weighted by molar-refractivity contribution is -0.141. The lowest BCUT2D eigenvalue weighted by Gasteiger charge is -2.27. The van der Waals surface area contributed by atoms with E-state index in [4.69, 9.17) is 14.8 Å². The second kappa shape index (κ2) is 11.8. The molecule has 2 unspecified atom stereocenters. The normalized spacial score (nSPS) is 17.0. The number of fused-ring (bicyclic) bond motifs is 1. The molecule has 2 aromatic heterocycles. The molecule has 1 aliphatic heterocycles. The Kier molecular flexibility index (Phi) is 7.15. The Bertz CT molecular complexity index is 2140. The number of carbonyl (C=O) groups excluding carboxylic acids is 1. The molecule has 8 rings (SSSR count). The number of halogens is 1. The van der Waals surface area contributed by atoms with Gasteiger partial charge in [-0.25, -0.2) is 14.5 Å². The molecular formula is C39H27BrN4O2. The maximum absolute atomic E-state index is 13.7. The van der Waals surface area contributed by atoms with E-state index in [0.29, 0.717) is 22.7 Å². The van der Waals surface area contributed by atoms with Crippen LogP contribution in [0, 0.1) is 5.92 Å². The molecule has 0 radical (unpaired) electrons. The highest BCUT2D eigenvalue weighted by atomic mass is 79.9. The number of hydrogen-bond donors (Lipinski definition) is 0. The first kappa shape index (κ1) is 28.0. The van der Waals surface area contributed by atoms with Gasteiger partial charge in [-0.05, 0) is 42.5 Å². The van der Waals surface area contributed by atoms with Crippen LogP contribution in [0.25, 0.3) is 50.9 Å². The smallest absolute Gasteiger partial charge is 0.340 e. The number of imidazole rings is 1. The molecule has 1 aliphatic carbocycles. The minimum absolute atomic E-state index is 0.0848. The number of carbonyl (C=O) groups is 1. The van der Waals surface area contributed by atoms with Gasteiger partial charge in [0.15, 0.2) is 0 Å². The Hall–Kier alpha value is -5.53. The summed E-state index contributed by atoms with van der Waals surface area (Å²) in [4.78, 5) is 19.0. The zero-order valence-electron chi connectivity index (χ0n) is 24.6. The van der Waals surface area contributed by atoms with Crippen LogP contribution in [0.15, 0.2) is 156 Å². The van der Waals surface area contributed by atoms with Crippen molar-refractivity contribution in [2.24, 2.45) is 5.92 Å². The van der Waals surface area contributed by atoms with E-state index in [9.17, 15) is 4.79 Å². The summed E-state index contributed by atoms with van der Waals surface area (Å²) in [7, 11) is 0. The summed E-state index contributed by atoms with van der Waals surface area (Å²) in [6.45, 7) is 0. The average Bonchev–Trinajstić information content (AvgIpc) is 3.72. The zero-order chi connectivity index (χ0) is 31.0. The average molecular weight is 664 g/mol. The van der Waals surface area contributed by atoms with Gasteiger partial charge in [-0.15, -0.1) is 0 Å². The molecule has 0 N–H and O–H groups in total. The van der Waals surface area contributed by atoms with Gasteiger partial charge < -0.3 is 4.74 Å². The second-order valence-corrected chi connectivity index (χ2v) is 12.1. The number of allylic oxidation sites excluding steroid dienone is 2. The van der Waals surface area contributed by atoms with Crippen LogP contribution in [0.2, 0.25) is 0 Å². The first-order chi connectivity index (χ1) is 22.6. The molecule has 2 atom stereocenters. The number of aromatic nitrogens is 4. The van der Waals surface area contributed by atoms with Gasteiger partial charge >= 0.3 is 5.97 Å². The number of ether oxygens (including phenoxy) is 1. The monoisotopic (exact) mass is 662 g/mol. The molecule has 0 fully saturated rings. The molecule has 0 bridgehead atoms. The van der Waals surface area contributed by atoms with Gasteiger partial charge in [0.1, 0.15) is 17.6 Å². The Morgan fingerprint density at radius 2 is 1.35 bits per heavy atom. The van der Waals surface area contributed by atoms with Crippen LogP contribution in [0.4, 0.5) is 0 Å². The van der Waals surface area contributed by atoms with Gasteiger partial charge in [0, 0.05) is 33.4 Å². The van der Waals surface area contributed by atoms with E-state index in [-0.39, 0.29) is 12.0 Å². The number of nitrogens with zero attached hydrogens (tertiary/aromatic N) is 4. The fraction of sp³-hybridized carbons (Fsp3) is 0.0513. The Balaban J connectivity index is 1.45. The quantitative estimate of drug-likeness (QED) is 0.167. The van der Waals surface area contributed by atoms with Crippen molar-refractivity contribution in [1.29, 1.82) is 0 Å². The van der Waals surface area contributed by atoms with Crippen LogP contribution in [0.1, 0.15) is 5.69 Å². The van der Waals surface area contributed by atoms with E-state index in [2.05, 4.69) is 63.0 Å². The van der Waals surface area contributed by atoms with Gasteiger partial charge in [0.25, 0.3) is 0 Å². The summed E-state index contributed by atoms with van der Waals surface area (Å²) in [5, 5.41) is 5.05. The Morgan fingerprint density at radius 1 is 0.696 bits per heavy atom. The second-order valence-electron chi connectivity index (χ2n) is 11.1. The fourth-order valence-corrected chi connectivity index (χ4v) is 6.31. The highest BCUT2D eigenvalue weighted by molar-refractivity contribution is 9.10. The molecule has 2 aliphatic rings. The van der Waals surface area contributed by atoms with Gasteiger partial charge in [0.2, 0.25) is 0 Å². The first-order valence-electron chi connectivity index (χ1n) is 15.1. The molecule has 222 valence electrons. The summed E-state index contributed by atoms with van der Waals surface area (Å²) >= 11 is 3.61. The van der Waals surface area contributed by atoms with Crippen LogP contribution in [0.5, 0.6) is 0 Å². The number of esters is 1. The molecule has 0 spiro atoms. The number of rotatable bonds is 6. The third-order valence-corrected chi connectivity index (χ3v) is 8.76. The van der Waals surface area contributed by atoms with Gasteiger partial charge in [0.05, 0.1) is 28.2 Å². The standard InChI is InChI=1S/C39H27BrN4O2/c40-29-20-22-31(23-21-29)44-37(27-14-6-2-7-15-27)35(26-12-4-1-5-13-26)41-38(44)33-25-43(30-17-8-3-9-18-30)42-36(33)32-24-28-16-10-11-19-34(28)46-39(32)45/h1-25,28,34H. The van der Waals surface area contributed by atoms with Crippen molar-refractivity contribution < 1.29 is 9.53 Å². The predicted octanol–water partition coefficient (Wildman–Crippen LogP) is 8.87. The van der Waals surface area contributed by atoms with Gasteiger partial charge in [-0.3, -0.25) is 4.57 Å². The molecule has 6 aromatic rings. The van der Waals surface area contributed by atoms with Crippen LogP contribution in [-0.2, 0) is 9.53 Å². The molecule has 0 amide bonds. The Morgan fingerprint density at radius 3 is 2.07 bits per heavy atom. The maximum atomic E-state index is 13.7. The SMILES string of the molecule is O=C1OC2C=CC=CC2C=C1c1nn(-c2ccccc2)cc1-c1nc(-c2ccccc2)c(-c2ccccc2)n1-c1ccc(Br)cc1. The van der Waals surface area contributed by atoms with Crippen LogP contribution >= 0.6 is 15.9 Å². The summed E-state index contributed by atoms with van der Waals surface area (Å²) in [5.41, 5.74) is 7.18. The Labute approximate surface area is 274 Å². The van der Waals surface area contributed by atoms with E-state index in [0.717, 1.165) is 38.4 Å². The van der Waals surface area contributed by atoms with Crippen LogP contribution in [-0.4, -0.2) is 31.4 Å². The van der Waals surface area contributed by atoms with Crippen molar-refractivity contribution in [3.05, 3.63) is 162 Å². The van der Waals surface area contributed by atoms with Crippen molar-refractivity contribution in [2.75, 3.05) is 0 Å². The van der Waals surface area contributed by atoms with E-state index in [1.165, 1.54) is 0 Å². The van der Waals surface area contributed by atoms with Gasteiger partial charge in [-0.1, -0.05) is 119 Å². The summed E-state index contributed by atoms with van der Waals surface area (Å²) in [5.74, 6) is 0.166. The van der Waals surface area contributed by atoms with Crippen LogP contribution in [0.3, 0.4) is 0 Å². The van der Waals surface area contributed by atoms with E-state index in [1.54, 1.807) is 0 Å².